The maximum atomic E-state index is 8.52. The first kappa shape index (κ1) is 4.59. The van der Waals surface area contributed by atoms with E-state index in [1.165, 1.54) is 12.4 Å². The summed E-state index contributed by atoms with van der Waals surface area (Å²) < 4.78 is 0.961. The third-order valence-corrected chi connectivity index (χ3v) is 0.927. The van der Waals surface area contributed by atoms with Crippen molar-refractivity contribution in [2.24, 2.45) is 0 Å². The Morgan fingerprint density at radius 3 is 2.57 bits per heavy atom. The molecule has 0 bridgehead atoms. The monoisotopic (exact) mass is 115 g/mol. The standard InChI is InChI=1S/C4H5NOS/c6-5-2-1-4(7)3-5/h1-3,6-7H. The van der Waals surface area contributed by atoms with E-state index in [4.69, 9.17) is 5.21 Å². The minimum Gasteiger partial charge on any atom is -0.429 e. The van der Waals surface area contributed by atoms with Gasteiger partial charge in [-0.05, 0) is 6.07 Å². The molecule has 0 aliphatic carbocycles. The first-order valence-corrected chi connectivity index (χ1v) is 2.30. The predicted molar refractivity (Wildman–Crippen MR) is 28.9 cm³/mol. The number of hydrogen-bond acceptors (Lipinski definition) is 2. The average molecular weight is 115 g/mol. The van der Waals surface area contributed by atoms with Crippen LogP contribution in [0.5, 0.6) is 0 Å². The molecule has 0 saturated heterocycles. The largest absolute Gasteiger partial charge is 0.429 e. The van der Waals surface area contributed by atoms with Crippen LogP contribution in [0.3, 0.4) is 0 Å². The van der Waals surface area contributed by atoms with Crippen LogP contribution in [-0.4, -0.2) is 9.94 Å². The molecule has 0 saturated carbocycles. The van der Waals surface area contributed by atoms with Crippen molar-refractivity contribution >= 4 is 12.6 Å². The topological polar surface area (TPSA) is 25.2 Å². The molecule has 0 aliphatic rings. The van der Waals surface area contributed by atoms with Crippen molar-refractivity contribution in [1.29, 1.82) is 0 Å². The Labute approximate surface area is 46.8 Å². The fraction of sp³-hybridized carbons (Fsp3) is 0. The van der Waals surface area contributed by atoms with Crippen LogP contribution >= 0.6 is 12.6 Å². The first-order valence-electron chi connectivity index (χ1n) is 1.85. The van der Waals surface area contributed by atoms with Crippen LogP contribution < -0.4 is 0 Å². The van der Waals surface area contributed by atoms with Crippen LogP contribution in [0, 0.1) is 0 Å². The molecule has 2 nitrogen and oxygen atoms in total. The molecule has 0 atom stereocenters. The zero-order valence-electron chi connectivity index (χ0n) is 3.57. The molecule has 0 radical (unpaired) electrons. The highest BCUT2D eigenvalue weighted by Gasteiger charge is 1.83. The third kappa shape index (κ3) is 0.899. The lowest BCUT2D eigenvalue weighted by Gasteiger charge is -1.80. The summed E-state index contributed by atoms with van der Waals surface area (Å²) in [6.45, 7) is 0. The lowest BCUT2D eigenvalue weighted by atomic mass is 10.7. The van der Waals surface area contributed by atoms with Crippen LogP contribution in [0.4, 0.5) is 0 Å². The second kappa shape index (κ2) is 1.50. The van der Waals surface area contributed by atoms with E-state index in [0.717, 1.165) is 9.63 Å². The molecule has 3 heteroatoms. The number of hydrogen-bond donors (Lipinski definition) is 2. The van der Waals surface area contributed by atoms with Crippen LogP contribution in [0.25, 0.3) is 0 Å². The minimum atomic E-state index is 0.766. The molecular weight excluding hydrogens is 110 g/mol. The van der Waals surface area contributed by atoms with Gasteiger partial charge in [-0.3, -0.25) is 0 Å². The van der Waals surface area contributed by atoms with Crippen LogP contribution in [0.15, 0.2) is 23.4 Å². The number of nitrogens with zero attached hydrogens (tertiary/aromatic N) is 1. The van der Waals surface area contributed by atoms with Crippen molar-refractivity contribution in [2.75, 3.05) is 0 Å². The molecule has 0 spiro atoms. The zero-order chi connectivity index (χ0) is 5.28. The highest BCUT2D eigenvalue weighted by molar-refractivity contribution is 7.80. The van der Waals surface area contributed by atoms with Gasteiger partial charge in [-0.2, -0.15) is 0 Å². The van der Waals surface area contributed by atoms with Gasteiger partial charge in [0.25, 0.3) is 0 Å². The predicted octanol–water partition coefficient (Wildman–Crippen LogP) is 1.01. The van der Waals surface area contributed by atoms with Crippen LogP contribution in [0.2, 0.25) is 0 Å². The summed E-state index contributed by atoms with van der Waals surface area (Å²) in [5, 5.41) is 8.52. The highest BCUT2D eigenvalue weighted by atomic mass is 32.1. The lowest BCUT2D eigenvalue weighted by molar-refractivity contribution is 0.186. The Balaban J connectivity index is 3.04. The van der Waals surface area contributed by atoms with E-state index in [9.17, 15) is 0 Å². The van der Waals surface area contributed by atoms with Gasteiger partial charge in [0.05, 0.1) is 6.20 Å². The van der Waals surface area contributed by atoms with Crippen molar-refractivity contribution in [1.82, 2.24) is 4.73 Å². The smallest absolute Gasteiger partial charge is 0.0565 e. The molecular formula is C4H5NOS. The van der Waals surface area contributed by atoms with Gasteiger partial charge in [0, 0.05) is 11.1 Å². The summed E-state index contributed by atoms with van der Waals surface area (Å²) in [7, 11) is 0. The molecule has 1 aromatic heterocycles. The summed E-state index contributed by atoms with van der Waals surface area (Å²) in [6, 6.07) is 1.70. The van der Waals surface area contributed by atoms with Gasteiger partial charge in [0.1, 0.15) is 0 Å². The molecule has 1 rings (SSSR count). The fourth-order valence-electron chi connectivity index (χ4n) is 0.374. The summed E-state index contributed by atoms with van der Waals surface area (Å²) in [4.78, 5) is 0.766. The summed E-state index contributed by atoms with van der Waals surface area (Å²) in [5.74, 6) is 0. The molecule has 1 heterocycles. The Bertz CT molecular complexity index is 144. The Hall–Kier alpha value is -0.570. The quantitative estimate of drug-likeness (QED) is 0.383. The molecule has 0 unspecified atom stereocenters. The van der Waals surface area contributed by atoms with E-state index in [1.54, 1.807) is 6.07 Å². The number of thiol groups is 1. The minimum absolute atomic E-state index is 0.766. The van der Waals surface area contributed by atoms with Crippen LogP contribution in [0.1, 0.15) is 0 Å². The van der Waals surface area contributed by atoms with Gasteiger partial charge in [-0.15, -0.1) is 12.6 Å². The number of aromatic nitrogens is 1. The van der Waals surface area contributed by atoms with E-state index in [2.05, 4.69) is 12.6 Å². The van der Waals surface area contributed by atoms with Crippen molar-refractivity contribution < 1.29 is 5.21 Å². The van der Waals surface area contributed by atoms with Crippen LogP contribution in [-0.2, 0) is 0 Å². The molecule has 0 fully saturated rings. The maximum Gasteiger partial charge on any atom is 0.0565 e. The Morgan fingerprint density at radius 2 is 2.43 bits per heavy atom. The summed E-state index contributed by atoms with van der Waals surface area (Å²) >= 11 is 3.92. The van der Waals surface area contributed by atoms with Gasteiger partial charge in [-0.25, -0.2) is 4.73 Å². The number of rotatable bonds is 0. The van der Waals surface area contributed by atoms with Crippen molar-refractivity contribution in [3.05, 3.63) is 18.5 Å². The van der Waals surface area contributed by atoms with Gasteiger partial charge >= 0.3 is 0 Å². The van der Waals surface area contributed by atoms with E-state index in [0.29, 0.717) is 0 Å². The van der Waals surface area contributed by atoms with Crippen molar-refractivity contribution in [3.63, 3.8) is 0 Å². The van der Waals surface area contributed by atoms with Gasteiger partial charge in [0.15, 0.2) is 0 Å². The molecule has 7 heavy (non-hydrogen) atoms. The van der Waals surface area contributed by atoms with E-state index < -0.39 is 0 Å². The lowest BCUT2D eigenvalue weighted by Crippen LogP contribution is -1.79. The van der Waals surface area contributed by atoms with Gasteiger partial charge in [0.2, 0.25) is 0 Å². The van der Waals surface area contributed by atoms with E-state index >= 15 is 0 Å². The van der Waals surface area contributed by atoms with Crippen molar-refractivity contribution in [2.45, 2.75) is 4.90 Å². The van der Waals surface area contributed by atoms with E-state index in [-0.39, 0.29) is 0 Å². The molecule has 38 valence electrons. The molecule has 1 aromatic rings. The maximum absolute atomic E-state index is 8.52. The van der Waals surface area contributed by atoms with Gasteiger partial charge in [-0.1, -0.05) is 0 Å². The normalized spacial score (nSPS) is 9.29. The first-order chi connectivity index (χ1) is 3.29. The molecule has 0 aliphatic heterocycles. The van der Waals surface area contributed by atoms with Crippen molar-refractivity contribution in [3.8, 4) is 0 Å². The summed E-state index contributed by atoms with van der Waals surface area (Å²) in [6.07, 6.45) is 3.02. The molecule has 0 amide bonds. The fourth-order valence-corrected chi connectivity index (χ4v) is 0.559. The second-order valence-corrected chi connectivity index (χ2v) is 1.77. The third-order valence-electron chi connectivity index (χ3n) is 0.663. The summed E-state index contributed by atoms with van der Waals surface area (Å²) in [5.41, 5.74) is 0. The van der Waals surface area contributed by atoms with Gasteiger partial charge < -0.3 is 5.21 Å². The Kier molecular flexibility index (Phi) is 0.982. The zero-order valence-corrected chi connectivity index (χ0v) is 4.47. The average Bonchev–Trinajstić information content (AvgIpc) is 1.87. The SMILES string of the molecule is On1ccc(S)c1. The van der Waals surface area contributed by atoms with E-state index in [1.807, 2.05) is 0 Å². The molecule has 1 N–H and O–H groups in total. The second-order valence-electron chi connectivity index (χ2n) is 1.25. The molecule has 0 aromatic carbocycles. The highest BCUT2D eigenvalue weighted by Crippen LogP contribution is 2.01. The Morgan fingerprint density at radius 1 is 1.71 bits per heavy atom.